The molecular weight excluding hydrogens is 190 g/mol. The molecule has 0 radical (unpaired) electrons. The van der Waals surface area contributed by atoms with Crippen molar-refractivity contribution in [1.29, 1.82) is 0 Å². The maximum absolute atomic E-state index is 4.16. The molecule has 1 aromatic heterocycles. The van der Waals surface area contributed by atoms with Gasteiger partial charge in [0.05, 0.1) is 0 Å². The van der Waals surface area contributed by atoms with Crippen molar-refractivity contribution in [3.05, 3.63) is 29.6 Å². The maximum Gasteiger partial charge on any atom is 0.114 e. The molecule has 0 saturated carbocycles. The van der Waals surface area contributed by atoms with Gasteiger partial charge < -0.3 is 0 Å². The molecule has 2 heteroatoms. The van der Waals surface area contributed by atoms with E-state index in [0.29, 0.717) is 0 Å². The Balaban J connectivity index is 3.03. The average molecular weight is 196 g/mol. The molecule has 0 N–H and O–H groups in total. The lowest BCUT2D eigenvalue weighted by atomic mass is 10.3. The zero-order chi connectivity index (χ0) is 7.40. The molecule has 1 nitrogen and oxygen atoms in total. The van der Waals surface area contributed by atoms with E-state index in [9.17, 15) is 0 Å². The minimum Gasteiger partial charge on any atom is -0.245 e. The molecule has 0 atom stereocenters. The lowest BCUT2D eigenvalue weighted by Crippen LogP contribution is -1.83. The highest BCUT2D eigenvalue weighted by Gasteiger charge is 1.86. The van der Waals surface area contributed by atoms with Gasteiger partial charge in [0.15, 0.2) is 0 Å². The molecule has 0 amide bonds. The third kappa shape index (κ3) is 1.85. The van der Waals surface area contributed by atoms with Crippen LogP contribution >= 0.6 is 15.9 Å². The second kappa shape index (κ2) is 3.38. The van der Waals surface area contributed by atoms with Crippen LogP contribution in [-0.4, -0.2) is 4.98 Å². The average Bonchev–Trinajstić information content (AvgIpc) is 1.88. The Hall–Kier alpha value is -0.810. The van der Waals surface area contributed by atoms with E-state index in [-0.39, 0.29) is 0 Å². The molecular formula is C8H6BrN. The highest BCUT2D eigenvalue weighted by molar-refractivity contribution is 9.12. The molecule has 0 aromatic carbocycles. The Morgan fingerprint density at radius 1 is 1.50 bits per heavy atom. The quantitative estimate of drug-likeness (QED) is 0.579. The van der Waals surface area contributed by atoms with Crippen LogP contribution in [0.5, 0.6) is 0 Å². The number of pyridine rings is 1. The molecule has 0 saturated heterocycles. The standard InChI is InChI=1S/C8H6BrN/c1-7-3-2-4-8(10-7)5-6-9/h2-4H,1H3. The van der Waals surface area contributed by atoms with Crippen molar-refractivity contribution in [3.8, 4) is 10.8 Å². The molecule has 0 unspecified atom stereocenters. The highest BCUT2D eigenvalue weighted by atomic mass is 79.9. The first-order valence-electron chi connectivity index (χ1n) is 2.88. The molecule has 50 valence electrons. The normalized spacial score (nSPS) is 8.20. The SMILES string of the molecule is Cc1cccc(C#CBr)n1. The Morgan fingerprint density at radius 2 is 2.30 bits per heavy atom. The van der Waals surface area contributed by atoms with Gasteiger partial charge in [-0.25, -0.2) is 4.98 Å². The van der Waals surface area contributed by atoms with E-state index in [1.807, 2.05) is 25.1 Å². The predicted molar refractivity (Wildman–Crippen MR) is 44.8 cm³/mol. The van der Waals surface area contributed by atoms with Gasteiger partial charge in [0.2, 0.25) is 0 Å². The lowest BCUT2D eigenvalue weighted by Gasteiger charge is -1.89. The highest BCUT2D eigenvalue weighted by Crippen LogP contribution is 1.95. The third-order valence-corrected chi connectivity index (χ3v) is 1.26. The summed E-state index contributed by atoms with van der Waals surface area (Å²) in [7, 11) is 0. The summed E-state index contributed by atoms with van der Waals surface area (Å²) in [6, 6.07) is 5.76. The fourth-order valence-corrected chi connectivity index (χ4v) is 0.864. The van der Waals surface area contributed by atoms with Gasteiger partial charge >= 0.3 is 0 Å². The fourth-order valence-electron chi connectivity index (χ4n) is 0.661. The minimum atomic E-state index is 0.803. The summed E-state index contributed by atoms with van der Waals surface area (Å²) in [6.45, 7) is 1.94. The Bertz CT molecular complexity index is 283. The summed E-state index contributed by atoms with van der Waals surface area (Å²) in [5.41, 5.74) is 1.80. The Labute approximate surface area is 68.6 Å². The number of aromatic nitrogens is 1. The van der Waals surface area contributed by atoms with Crippen LogP contribution in [0, 0.1) is 17.7 Å². The van der Waals surface area contributed by atoms with Crippen molar-refractivity contribution < 1.29 is 0 Å². The van der Waals surface area contributed by atoms with Crippen molar-refractivity contribution in [2.75, 3.05) is 0 Å². The maximum atomic E-state index is 4.16. The number of hydrogen-bond donors (Lipinski definition) is 0. The van der Waals surface area contributed by atoms with E-state index >= 15 is 0 Å². The monoisotopic (exact) mass is 195 g/mol. The number of rotatable bonds is 0. The number of halogens is 1. The summed E-state index contributed by atoms with van der Waals surface area (Å²) in [5.74, 6) is 2.80. The molecule has 0 aliphatic carbocycles. The zero-order valence-corrected chi connectivity index (χ0v) is 7.14. The number of aryl methyl sites for hydroxylation is 1. The second-order valence-electron chi connectivity index (χ2n) is 1.88. The molecule has 0 bridgehead atoms. The first-order valence-corrected chi connectivity index (χ1v) is 3.67. The smallest absolute Gasteiger partial charge is 0.114 e. The largest absolute Gasteiger partial charge is 0.245 e. The van der Waals surface area contributed by atoms with Crippen LogP contribution in [0.25, 0.3) is 0 Å². The van der Waals surface area contributed by atoms with E-state index < -0.39 is 0 Å². The molecule has 1 rings (SSSR count). The predicted octanol–water partition coefficient (Wildman–Crippen LogP) is 2.09. The van der Waals surface area contributed by atoms with Crippen LogP contribution < -0.4 is 0 Å². The first-order chi connectivity index (χ1) is 4.83. The van der Waals surface area contributed by atoms with Gasteiger partial charge in [0.25, 0.3) is 0 Å². The summed E-state index contributed by atoms with van der Waals surface area (Å²) >= 11 is 3.01. The second-order valence-corrected chi connectivity index (χ2v) is 2.28. The van der Waals surface area contributed by atoms with E-state index in [0.717, 1.165) is 11.4 Å². The van der Waals surface area contributed by atoms with Crippen molar-refractivity contribution in [2.45, 2.75) is 6.92 Å². The molecule has 1 aromatic rings. The zero-order valence-electron chi connectivity index (χ0n) is 5.56. The minimum absolute atomic E-state index is 0.803. The van der Waals surface area contributed by atoms with Crippen molar-refractivity contribution in [3.63, 3.8) is 0 Å². The van der Waals surface area contributed by atoms with Crippen LogP contribution in [0.4, 0.5) is 0 Å². The van der Waals surface area contributed by atoms with Crippen LogP contribution in [0.2, 0.25) is 0 Å². The number of hydrogen-bond acceptors (Lipinski definition) is 1. The van der Waals surface area contributed by atoms with E-state index in [1.54, 1.807) is 0 Å². The summed E-state index contributed by atoms with van der Waals surface area (Å²) in [6.07, 6.45) is 0. The topological polar surface area (TPSA) is 12.9 Å². The van der Waals surface area contributed by atoms with Gasteiger partial charge in [-0.05, 0) is 29.8 Å². The van der Waals surface area contributed by atoms with Crippen LogP contribution in [0.3, 0.4) is 0 Å². The Kier molecular flexibility index (Phi) is 2.47. The molecule has 0 aliphatic heterocycles. The van der Waals surface area contributed by atoms with Crippen molar-refractivity contribution in [2.24, 2.45) is 0 Å². The molecule has 0 fully saturated rings. The van der Waals surface area contributed by atoms with Gasteiger partial charge in [0.1, 0.15) is 5.69 Å². The fraction of sp³-hybridized carbons (Fsp3) is 0.125. The molecule has 0 spiro atoms. The van der Waals surface area contributed by atoms with E-state index in [2.05, 4.69) is 31.7 Å². The molecule has 10 heavy (non-hydrogen) atoms. The van der Waals surface area contributed by atoms with Crippen LogP contribution in [0.1, 0.15) is 11.4 Å². The summed E-state index contributed by atoms with van der Waals surface area (Å²) in [5, 5.41) is 0. The van der Waals surface area contributed by atoms with Gasteiger partial charge in [-0.15, -0.1) is 0 Å². The van der Waals surface area contributed by atoms with Gasteiger partial charge in [-0.3, -0.25) is 0 Å². The Morgan fingerprint density at radius 3 is 2.90 bits per heavy atom. The lowest BCUT2D eigenvalue weighted by molar-refractivity contribution is 1.18. The van der Waals surface area contributed by atoms with Crippen molar-refractivity contribution >= 4 is 15.9 Å². The van der Waals surface area contributed by atoms with Gasteiger partial charge in [-0.2, -0.15) is 0 Å². The van der Waals surface area contributed by atoms with Crippen LogP contribution in [0.15, 0.2) is 18.2 Å². The third-order valence-electron chi connectivity index (χ3n) is 1.06. The first kappa shape index (κ1) is 7.30. The van der Waals surface area contributed by atoms with Gasteiger partial charge in [0, 0.05) is 21.6 Å². The molecule has 1 heterocycles. The summed E-state index contributed by atoms with van der Waals surface area (Å²) in [4.78, 5) is 6.77. The number of nitrogens with zero attached hydrogens (tertiary/aromatic N) is 1. The summed E-state index contributed by atoms with van der Waals surface area (Å²) < 4.78 is 0. The van der Waals surface area contributed by atoms with Crippen molar-refractivity contribution in [1.82, 2.24) is 4.98 Å². The molecule has 0 aliphatic rings. The van der Waals surface area contributed by atoms with E-state index in [4.69, 9.17) is 0 Å². The van der Waals surface area contributed by atoms with Gasteiger partial charge in [-0.1, -0.05) is 6.07 Å². The van der Waals surface area contributed by atoms with Crippen LogP contribution in [-0.2, 0) is 0 Å². The van der Waals surface area contributed by atoms with E-state index in [1.165, 1.54) is 0 Å².